The number of rotatable bonds is 3. The van der Waals surface area contributed by atoms with E-state index in [9.17, 15) is 0 Å². The Bertz CT molecular complexity index is 388. The van der Waals surface area contributed by atoms with Crippen LogP contribution in [0.25, 0.3) is 0 Å². The van der Waals surface area contributed by atoms with Crippen LogP contribution in [0, 0.1) is 12.8 Å². The van der Waals surface area contributed by atoms with Crippen molar-refractivity contribution < 1.29 is 0 Å². The molecule has 1 N–H and O–H groups in total. The monoisotopic (exact) mass is 237 g/mol. The average molecular weight is 237 g/mol. The van der Waals surface area contributed by atoms with Crippen molar-refractivity contribution in [2.24, 2.45) is 5.92 Å². The third-order valence-electron chi connectivity index (χ3n) is 3.87. The summed E-state index contributed by atoms with van der Waals surface area (Å²) in [5, 5.41) is 4.47. The summed E-state index contributed by atoms with van der Waals surface area (Å²) in [4.78, 5) is 8.67. The second-order valence-electron chi connectivity index (χ2n) is 5.02. The number of hydrogen-bond acceptors (Lipinski definition) is 4. The van der Waals surface area contributed by atoms with E-state index < -0.39 is 0 Å². The lowest BCUT2D eigenvalue weighted by atomic mass is 10.1. The van der Waals surface area contributed by atoms with Crippen molar-refractivity contribution in [1.29, 1.82) is 0 Å². The highest BCUT2D eigenvalue weighted by molar-refractivity contribution is 7.15. The maximum Gasteiger partial charge on any atom is 0.186 e. The Morgan fingerprint density at radius 1 is 1.50 bits per heavy atom. The van der Waals surface area contributed by atoms with Gasteiger partial charge in [-0.1, -0.05) is 0 Å². The van der Waals surface area contributed by atoms with Crippen molar-refractivity contribution in [1.82, 2.24) is 10.3 Å². The number of hydrogen-bond donors (Lipinski definition) is 1. The number of nitrogens with zero attached hydrogens (tertiary/aromatic N) is 2. The summed E-state index contributed by atoms with van der Waals surface area (Å²) in [6.45, 7) is 4.32. The van der Waals surface area contributed by atoms with Crippen LogP contribution in [0.4, 0.5) is 5.13 Å². The van der Waals surface area contributed by atoms with Gasteiger partial charge in [-0.15, -0.1) is 11.3 Å². The van der Waals surface area contributed by atoms with Gasteiger partial charge in [0.15, 0.2) is 5.13 Å². The molecule has 0 spiro atoms. The molecule has 1 aliphatic heterocycles. The lowest BCUT2D eigenvalue weighted by Crippen LogP contribution is -2.31. The standard InChI is InChI=1S/C12H19N3S/c1-8-11(6-13-2)16-12(14-8)15-7-9-3-4-10(15)5-9/h9-10,13H,3-7H2,1-2H3. The summed E-state index contributed by atoms with van der Waals surface area (Å²) in [5.41, 5.74) is 1.21. The number of nitrogens with one attached hydrogen (secondary N) is 1. The molecule has 1 aromatic heterocycles. The van der Waals surface area contributed by atoms with E-state index in [1.165, 1.54) is 41.5 Å². The first kappa shape index (κ1) is 10.5. The second kappa shape index (κ2) is 4.00. The number of fused-ring (bicyclic) bond motifs is 2. The first-order valence-corrected chi connectivity index (χ1v) is 6.97. The van der Waals surface area contributed by atoms with Crippen molar-refractivity contribution in [3.63, 3.8) is 0 Å². The maximum absolute atomic E-state index is 4.73. The highest BCUT2D eigenvalue weighted by Gasteiger charge is 2.39. The van der Waals surface area contributed by atoms with Gasteiger partial charge in [0.1, 0.15) is 0 Å². The fourth-order valence-electron chi connectivity index (χ4n) is 3.02. The Kier molecular flexibility index (Phi) is 2.64. The minimum Gasteiger partial charge on any atom is -0.345 e. The minimum absolute atomic E-state index is 0.790. The number of anilines is 1. The van der Waals surface area contributed by atoms with Crippen LogP contribution in [0.1, 0.15) is 29.8 Å². The van der Waals surface area contributed by atoms with Gasteiger partial charge in [0.05, 0.1) is 5.69 Å². The molecule has 3 nitrogen and oxygen atoms in total. The summed E-state index contributed by atoms with van der Waals surface area (Å²) in [5.74, 6) is 0.946. The van der Waals surface area contributed by atoms with E-state index in [1.54, 1.807) is 0 Å². The van der Waals surface area contributed by atoms with Crippen molar-refractivity contribution in [2.75, 3.05) is 18.5 Å². The lowest BCUT2D eigenvalue weighted by Gasteiger charge is -2.26. The van der Waals surface area contributed by atoms with Crippen LogP contribution >= 0.6 is 11.3 Å². The van der Waals surface area contributed by atoms with Crippen LogP contribution in [-0.4, -0.2) is 24.6 Å². The number of piperidine rings is 1. The molecule has 2 heterocycles. The van der Waals surface area contributed by atoms with Crippen molar-refractivity contribution in [2.45, 2.75) is 38.8 Å². The molecule has 3 rings (SSSR count). The maximum atomic E-state index is 4.73. The first-order chi connectivity index (χ1) is 7.78. The zero-order valence-electron chi connectivity index (χ0n) is 9.99. The molecule has 4 heteroatoms. The van der Waals surface area contributed by atoms with Gasteiger partial charge in [0.25, 0.3) is 0 Å². The third-order valence-corrected chi connectivity index (χ3v) is 5.07. The van der Waals surface area contributed by atoms with Gasteiger partial charge in [0.2, 0.25) is 0 Å². The van der Waals surface area contributed by atoms with Crippen LogP contribution in [0.15, 0.2) is 0 Å². The topological polar surface area (TPSA) is 28.2 Å². The van der Waals surface area contributed by atoms with E-state index in [-0.39, 0.29) is 0 Å². The summed E-state index contributed by atoms with van der Waals surface area (Å²) in [6.07, 6.45) is 4.22. The van der Waals surface area contributed by atoms with E-state index in [2.05, 4.69) is 17.1 Å². The van der Waals surface area contributed by atoms with Crippen LogP contribution < -0.4 is 10.2 Å². The Balaban J connectivity index is 1.82. The fourth-order valence-corrected chi connectivity index (χ4v) is 4.17. The molecular formula is C12H19N3S. The molecule has 0 aromatic carbocycles. The fraction of sp³-hybridized carbons (Fsp3) is 0.750. The van der Waals surface area contributed by atoms with Gasteiger partial charge in [0, 0.05) is 24.0 Å². The first-order valence-electron chi connectivity index (χ1n) is 6.15. The van der Waals surface area contributed by atoms with E-state index >= 15 is 0 Å². The molecule has 1 saturated heterocycles. The van der Waals surface area contributed by atoms with Gasteiger partial charge in [-0.05, 0) is 39.2 Å². The number of thiazole rings is 1. The number of aryl methyl sites for hydroxylation is 1. The molecule has 2 bridgehead atoms. The van der Waals surface area contributed by atoms with Gasteiger partial charge >= 0.3 is 0 Å². The lowest BCUT2D eigenvalue weighted by molar-refractivity contribution is 0.553. The van der Waals surface area contributed by atoms with Crippen LogP contribution in [-0.2, 0) is 6.54 Å². The zero-order valence-corrected chi connectivity index (χ0v) is 10.8. The second-order valence-corrected chi connectivity index (χ2v) is 6.08. The molecule has 2 unspecified atom stereocenters. The predicted molar refractivity (Wildman–Crippen MR) is 68.1 cm³/mol. The Hall–Kier alpha value is -0.610. The molecule has 2 fully saturated rings. The summed E-state index contributed by atoms with van der Waals surface area (Å²) in [6, 6.07) is 0.790. The quantitative estimate of drug-likeness (QED) is 0.873. The molecule has 1 saturated carbocycles. The SMILES string of the molecule is CNCc1sc(N2CC3CCC2C3)nc1C. The molecule has 2 atom stereocenters. The van der Waals surface area contributed by atoms with Gasteiger partial charge in [-0.2, -0.15) is 0 Å². The summed E-state index contributed by atoms with van der Waals surface area (Å²) >= 11 is 1.87. The average Bonchev–Trinajstić information content (AvgIpc) is 2.94. The van der Waals surface area contributed by atoms with E-state index in [0.29, 0.717) is 0 Å². The zero-order chi connectivity index (χ0) is 11.1. The van der Waals surface area contributed by atoms with Crippen molar-refractivity contribution in [3.05, 3.63) is 10.6 Å². The Labute approximate surface area is 101 Å². The number of aromatic nitrogens is 1. The Morgan fingerprint density at radius 2 is 2.38 bits per heavy atom. The molecular weight excluding hydrogens is 218 g/mol. The van der Waals surface area contributed by atoms with Gasteiger partial charge in [-0.25, -0.2) is 4.98 Å². The van der Waals surface area contributed by atoms with E-state index in [4.69, 9.17) is 4.98 Å². The molecule has 1 aromatic rings. The normalized spacial score (nSPS) is 28.0. The van der Waals surface area contributed by atoms with Gasteiger partial charge in [-0.3, -0.25) is 0 Å². The molecule has 16 heavy (non-hydrogen) atoms. The molecule has 88 valence electrons. The molecule has 1 aliphatic carbocycles. The van der Waals surface area contributed by atoms with Crippen molar-refractivity contribution >= 4 is 16.5 Å². The minimum atomic E-state index is 0.790. The predicted octanol–water partition coefficient (Wildman–Crippen LogP) is 2.16. The molecule has 0 amide bonds. The van der Waals surface area contributed by atoms with Crippen LogP contribution in [0.3, 0.4) is 0 Å². The third kappa shape index (κ3) is 1.64. The van der Waals surface area contributed by atoms with Crippen molar-refractivity contribution in [3.8, 4) is 0 Å². The van der Waals surface area contributed by atoms with Crippen LogP contribution in [0.2, 0.25) is 0 Å². The molecule has 2 aliphatic rings. The highest BCUT2D eigenvalue weighted by atomic mass is 32.1. The Morgan fingerprint density at radius 3 is 3.00 bits per heavy atom. The smallest absolute Gasteiger partial charge is 0.186 e. The van der Waals surface area contributed by atoms with E-state index in [1.807, 2.05) is 18.4 Å². The summed E-state index contributed by atoms with van der Waals surface area (Å²) in [7, 11) is 2.00. The summed E-state index contributed by atoms with van der Waals surface area (Å²) < 4.78 is 0. The largest absolute Gasteiger partial charge is 0.345 e. The van der Waals surface area contributed by atoms with Gasteiger partial charge < -0.3 is 10.2 Å². The van der Waals surface area contributed by atoms with E-state index in [0.717, 1.165) is 18.5 Å². The molecule has 0 radical (unpaired) electrons. The van der Waals surface area contributed by atoms with Crippen LogP contribution in [0.5, 0.6) is 0 Å². The highest BCUT2D eigenvalue weighted by Crippen LogP contribution is 2.41.